The van der Waals surface area contributed by atoms with Crippen LogP contribution in [0.2, 0.25) is 0 Å². The highest BCUT2D eigenvalue weighted by atomic mass is 16.3. The molecule has 18 heavy (non-hydrogen) atoms. The molecule has 3 heteroatoms. The quantitative estimate of drug-likeness (QED) is 0.841. The first-order valence-electron chi connectivity index (χ1n) is 6.72. The Morgan fingerprint density at radius 3 is 2.50 bits per heavy atom. The molecule has 0 amide bonds. The lowest BCUT2D eigenvalue weighted by atomic mass is 9.86. The minimum Gasteiger partial charge on any atom is -0.508 e. The van der Waals surface area contributed by atoms with E-state index >= 15 is 0 Å². The molecule has 0 spiro atoms. The van der Waals surface area contributed by atoms with Crippen molar-refractivity contribution in [1.82, 2.24) is 10.2 Å². The summed E-state index contributed by atoms with van der Waals surface area (Å²) in [7, 11) is 0. The van der Waals surface area contributed by atoms with Crippen LogP contribution in [0.15, 0.2) is 18.2 Å². The van der Waals surface area contributed by atoms with E-state index in [1.165, 1.54) is 5.56 Å². The molecule has 3 nitrogen and oxygen atoms in total. The van der Waals surface area contributed by atoms with Gasteiger partial charge in [0.1, 0.15) is 5.75 Å². The predicted octanol–water partition coefficient (Wildman–Crippen LogP) is 2.09. The molecular formula is C15H24N2O. The van der Waals surface area contributed by atoms with E-state index in [1.54, 1.807) is 0 Å². The fraction of sp³-hybridized carbons (Fsp3) is 0.600. The molecule has 1 aromatic rings. The van der Waals surface area contributed by atoms with Crippen LogP contribution in [0.1, 0.15) is 31.9 Å². The van der Waals surface area contributed by atoms with Gasteiger partial charge in [-0.25, -0.2) is 0 Å². The highest BCUT2D eigenvalue weighted by Gasteiger charge is 2.17. The molecule has 0 atom stereocenters. The Kier molecular flexibility index (Phi) is 3.93. The van der Waals surface area contributed by atoms with Gasteiger partial charge in [-0.2, -0.15) is 0 Å². The number of phenolic OH excluding ortho intramolecular Hbond substituents is 1. The molecule has 1 fully saturated rings. The summed E-state index contributed by atoms with van der Waals surface area (Å²) >= 11 is 0. The lowest BCUT2D eigenvalue weighted by Crippen LogP contribution is -2.42. The molecular weight excluding hydrogens is 224 g/mol. The number of hydrogen-bond acceptors (Lipinski definition) is 3. The van der Waals surface area contributed by atoms with Gasteiger partial charge in [0.2, 0.25) is 0 Å². The molecule has 1 saturated heterocycles. The van der Waals surface area contributed by atoms with Gasteiger partial charge >= 0.3 is 0 Å². The average molecular weight is 248 g/mol. The molecule has 0 bridgehead atoms. The second-order valence-corrected chi connectivity index (χ2v) is 6.12. The van der Waals surface area contributed by atoms with Crippen molar-refractivity contribution in [3.05, 3.63) is 29.3 Å². The third kappa shape index (κ3) is 3.24. The van der Waals surface area contributed by atoms with Gasteiger partial charge in [-0.3, -0.25) is 4.90 Å². The van der Waals surface area contributed by atoms with E-state index in [0.29, 0.717) is 5.75 Å². The standard InChI is InChI=1S/C15H24N2O/c1-15(2,3)13-4-5-14(18)12(10-13)11-17-8-6-16-7-9-17/h4-5,10,16,18H,6-9,11H2,1-3H3. The number of nitrogens with zero attached hydrogens (tertiary/aromatic N) is 1. The van der Waals surface area contributed by atoms with E-state index in [-0.39, 0.29) is 5.41 Å². The summed E-state index contributed by atoms with van der Waals surface area (Å²) in [5.41, 5.74) is 2.46. The Balaban J connectivity index is 2.15. The molecule has 1 aromatic carbocycles. The summed E-state index contributed by atoms with van der Waals surface area (Å²) in [5.74, 6) is 0.418. The Hall–Kier alpha value is -1.06. The molecule has 100 valence electrons. The van der Waals surface area contributed by atoms with Gasteiger partial charge < -0.3 is 10.4 Å². The van der Waals surface area contributed by atoms with E-state index in [0.717, 1.165) is 38.3 Å². The lowest BCUT2D eigenvalue weighted by Gasteiger charge is -2.28. The first kappa shape index (κ1) is 13.4. The van der Waals surface area contributed by atoms with E-state index in [9.17, 15) is 5.11 Å². The molecule has 1 aliphatic rings. The van der Waals surface area contributed by atoms with Crippen molar-refractivity contribution in [2.45, 2.75) is 32.7 Å². The largest absolute Gasteiger partial charge is 0.508 e. The normalized spacial score (nSPS) is 17.9. The van der Waals surface area contributed by atoms with Crippen LogP contribution in [0.5, 0.6) is 5.75 Å². The van der Waals surface area contributed by atoms with Crippen molar-refractivity contribution in [2.75, 3.05) is 26.2 Å². The lowest BCUT2D eigenvalue weighted by molar-refractivity contribution is 0.230. The Morgan fingerprint density at radius 2 is 1.89 bits per heavy atom. The molecule has 1 heterocycles. The monoisotopic (exact) mass is 248 g/mol. The van der Waals surface area contributed by atoms with Gasteiger partial charge in [0.15, 0.2) is 0 Å². The summed E-state index contributed by atoms with van der Waals surface area (Å²) in [6, 6.07) is 6.01. The number of nitrogens with one attached hydrogen (secondary N) is 1. The molecule has 2 N–H and O–H groups in total. The topological polar surface area (TPSA) is 35.5 Å². The summed E-state index contributed by atoms with van der Waals surface area (Å²) in [5, 5.41) is 13.3. The Labute approximate surface area is 110 Å². The molecule has 0 radical (unpaired) electrons. The Morgan fingerprint density at radius 1 is 1.22 bits per heavy atom. The van der Waals surface area contributed by atoms with Crippen molar-refractivity contribution >= 4 is 0 Å². The summed E-state index contributed by atoms with van der Waals surface area (Å²) in [6.07, 6.45) is 0. The molecule has 0 unspecified atom stereocenters. The third-order valence-corrected chi connectivity index (χ3v) is 3.55. The number of aromatic hydroxyl groups is 1. The minimum absolute atomic E-state index is 0.131. The van der Waals surface area contributed by atoms with Gasteiger partial charge in [-0.15, -0.1) is 0 Å². The predicted molar refractivity (Wildman–Crippen MR) is 75.0 cm³/mol. The van der Waals surface area contributed by atoms with Crippen LogP contribution in [0.3, 0.4) is 0 Å². The third-order valence-electron chi connectivity index (χ3n) is 3.55. The molecule has 1 aliphatic heterocycles. The average Bonchev–Trinajstić information content (AvgIpc) is 2.32. The van der Waals surface area contributed by atoms with Gasteiger partial charge in [0.05, 0.1) is 0 Å². The molecule has 0 aromatic heterocycles. The zero-order valence-corrected chi connectivity index (χ0v) is 11.7. The van der Waals surface area contributed by atoms with Crippen molar-refractivity contribution in [1.29, 1.82) is 0 Å². The van der Waals surface area contributed by atoms with Crippen LogP contribution in [-0.4, -0.2) is 36.2 Å². The maximum atomic E-state index is 9.99. The minimum atomic E-state index is 0.131. The summed E-state index contributed by atoms with van der Waals surface area (Å²) in [6.45, 7) is 11.6. The van der Waals surface area contributed by atoms with E-state index in [2.05, 4.69) is 37.1 Å². The molecule has 2 rings (SSSR count). The SMILES string of the molecule is CC(C)(C)c1ccc(O)c(CN2CCNCC2)c1. The highest BCUT2D eigenvalue weighted by Crippen LogP contribution is 2.28. The van der Waals surface area contributed by atoms with Crippen LogP contribution in [0.4, 0.5) is 0 Å². The van der Waals surface area contributed by atoms with Crippen molar-refractivity contribution in [2.24, 2.45) is 0 Å². The van der Waals surface area contributed by atoms with Crippen LogP contribution in [0, 0.1) is 0 Å². The van der Waals surface area contributed by atoms with Crippen LogP contribution < -0.4 is 5.32 Å². The fourth-order valence-corrected chi connectivity index (χ4v) is 2.29. The van der Waals surface area contributed by atoms with Crippen molar-refractivity contribution < 1.29 is 5.11 Å². The highest BCUT2D eigenvalue weighted by molar-refractivity contribution is 5.38. The van der Waals surface area contributed by atoms with Gasteiger partial charge in [-0.05, 0) is 17.0 Å². The van der Waals surface area contributed by atoms with E-state index in [1.807, 2.05) is 12.1 Å². The zero-order chi connectivity index (χ0) is 13.2. The van der Waals surface area contributed by atoms with E-state index in [4.69, 9.17) is 0 Å². The second-order valence-electron chi connectivity index (χ2n) is 6.12. The van der Waals surface area contributed by atoms with E-state index < -0.39 is 0 Å². The molecule has 0 saturated carbocycles. The first-order valence-corrected chi connectivity index (χ1v) is 6.72. The van der Waals surface area contributed by atoms with Gasteiger partial charge in [0, 0.05) is 38.3 Å². The van der Waals surface area contributed by atoms with Crippen LogP contribution >= 0.6 is 0 Å². The van der Waals surface area contributed by atoms with Gasteiger partial charge in [-0.1, -0.05) is 32.9 Å². The fourth-order valence-electron chi connectivity index (χ4n) is 2.29. The van der Waals surface area contributed by atoms with Gasteiger partial charge in [0.25, 0.3) is 0 Å². The maximum Gasteiger partial charge on any atom is 0.120 e. The van der Waals surface area contributed by atoms with Crippen molar-refractivity contribution in [3.8, 4) is 5.75 Å². The van der Waals surface area contributed by atoms with Crippen LogP contribution in [0.25, 0.3) is 0 Å². The summed E-state index contributed by atoms with van der Waals surface area (Å²) in [4.78, 5) is 2.39. The number of benzene rings is 1. The number of rotatable bonds is 2. The number of piperazine rings is 1. The second kappa shape index (κ2) is 5.29. The maximum absolute atomic E-state index is 9.99. The molecule has 0 aliphatic carbocycles. The first-order chi connectivity index (χ1) is 8.47. The number of hydrogen-bond donors (Lipinski definition) is 2. The smallest absolute Gasteiger partial charge is 0.120 e. The van der Waals surface area contributed by atoms with Crippen LogP contribution in [-0.2, 0) is 12.0 Å². The summed E-state index contributed by atoms with van der Waals surface area (Å²) < 4.78 is 0. The zero-order valence-electron chi connectivity index (χ0n) is 11.7. The Bertz CT molecular complexity index is 403. The van der Waals surface area contributed by atoms with Crippen molar-refractivity contribution in [3.63, 3.8) is 0 Å². The number of phenols is 1.